The number of carbonyl (C=O) groups is 2. The standard InChI is InChI=1S/C28H40N4S.C4H4O4/c1-19(2)23-14-24(20(3)4)27(25(15-23)21(5)6)26-18-33-28(30-26)32(13-12-31(7)8)17-22-10-9-11-29-16-22;5-3(6)1-2-4(7)8/h9-11,14-16,18-21H,12-13,17H2,1-8H3;1-2H,(H,5,6)(H,7,8). The average molecular weight is 581 g/mol. The van der Waals surface area contributed by atoms with E-state index in [-0.39, 0.29) is 0 Å². The van der Waals surface area contributed by atoms with Gasteiger partial charge in [0, 0.05) is 55.1 Å². The van der Waals surface area contributed by atoms with E-state index in [0.717, 1.165) is 30.5 Å². The van der Waals surface area contributed by atoms with Gasteiger partial charge in [-0.15, -0.1) is 11.3 Å². The van der Waals surface area contributed by atoms with Crippen LogP contribution in [0.1, 0.15) is 81.5 Å². The van der Waals surface area contributed by atoms with Crippen LogP contribution < -0.4 is 4.90 Å². The fraction of sp³-hybridized carbons (Fsp3) is 0.438. The van der Waals surface area contributed by atoms with E-state index in [0.29, 0.717) is 29.9 Å². The fourth-order valence-corrected chi connectivity index (χ4v) is 5.04. The van der Waals surface area contributed by atoms with Crippen LogP contribution in [0.3, 0.4) is 0 Å². The third-order valence-corrected chi connectivity index (χ3v) is 7.33. The number of thiazole rings is 1. The van der Waals surface area contributed by atoms with Gasteiger partial charge in [-0.25, -0.2) is 14.6 Å². The maximum atomic E-state index is 9.55. The number of pyridine rings is 1. The minimum Gasteiger partial charge on any atom is -0.478 e. The van der Waals surface area contributed by atoms with Crippen LogP contribution in [0.2, 0.25) is 0 Å². The van der Waals surface area contributed by atoms with Crippen molar-refractivity contribution in [2.24, 2.45) is 0 Å². The Kier molecular flexibility index (Phi) is 13.2. The molecule has 1 aromatic carbocycles. The first-order valence-corrected chi connectivity index (χ1v) is 14.7. The summed E-state index contributed by atoms with van der Waals surface area (Å²) in [6.45, 7) is 16.5. The van der Waals surface area contributed by atoms with Gasteiger partial charge >= 0.3 is 11.9 Å². The van der Waals surface area contributed by atoms with Gasteiger partial charge in [-0.05, 0) is 60.2 Å². The second-order valence-electron chi connectivity index (χ2n) is 11.1. The highest BCUT2D eigenvalue weighted by Crippen LogP contribution is 2.40. The molecule has 0 spiro atoms. The lowest BCUT2D eigenvalue weighted by Crippen LogP contribution is -2.31. The number of likely N-dealkylation sites (N-methyl/N-ethyl adjacent to an activating group) is 1. The zero-order valence-electron chi connectivity index (χ0n) is 25.5. The number of anilines is 1. The van der Waals surface area contributed by atoms with E-state index in [1.807, 2.05) is 18.5 Å². The molecule has 41 heavy (non-hydrogen) atoms. The first-order valence-electron chi connectivity index (χ1n) is 13.9. The smallest absolute Gasteiger partial charge is 0.328 e. The van der Waals surface area contributed by atoms with Crippen molar-refractivity contribution in [2.75, 3.05) is 32.1 Å². The van der Waals surface area contributed by atoms with E-state index >= 15 is 0 Å². The summed E-state index contributed by atoms with van der Waals surface area (Å²) in [5.41, 5.74) is 7.90. The molecule has 0 aliphatic rings. The van der Waals surface area contributed by atoms with Crippen LogP contribution in [0, 0.1) is 0 Å². The van der Waals surface area contributed by atoms with Crippen molar-refractivity contribution >= 4 is 28.4 Å². The van der Waals surface area contributed by atoms with Crippen molar-refractivity contribution in [1.82, 2.24) is 14.9 Å². The molecule has 222 valence electrons. The Morgan fingerprint density at radius 1 is 0.927 bits per heavy atom. The molecular formula is C32H44N4O4S. The van der Waals surface area contributed by atoms with Crippen LogP contribution in [0.5, 0.6) is 0 Å². The second-order valence-corrected chi connectivity index (χ2v) is 12.0. The molecule has 3 aromatic rings. The molecule has 0 bridgehead atoms. The van der Waals surface area contributed by atoms with Gasteiger partial charge < -0.3 is 20.0 Å². The Labute approximate surface area is 248 Å². The van der Waals surface area contributed by atoms with Gasteiger partial charge in [-0.3, -0.25) is 4.98 Å². The lowest BCUT2D eigenvalue weighted by molar-refractivity contribution is -0.134. The number of benzene rings is 1. The van der Waals surface area contributed by atoms with Gasteiger partial charge in [0.25, 0.3) is 0 Å². The normalized spacial score (nSPS) is 11.4. The molecule has 0 saturated carbocycles. The van der Waals surface area contributed by atoms with Crippen molar-refractivity contribution in [3.8, 4) is 11.3 Å². The summed E-state index contributed by atoms with van der Waals surface area (Å²) in [5.74, 6) is -1.11. The van der Waals surface area contributed by atoms with Gasteiger partial charge in [0.1, 0.15) is 0 Å². The number of hydrogen-bond acceptors (Lipinski definition) is 7. The van der Waals surface area contributed by atoms with Crippen LogP contribution in [-0.2, 0) is 16.1 Å². The van der Waals surface area contributed by atoms with Crippen LogP contribution in [0.4, 0.5) is 5.13 Å². The molecule has 2 aromatic heterocycles. The lowest BCUT2D eigenvalue weighted by Gasteiger charge is -2.24. The number of nitrogens with zero attached hydrogens (tertiary/aromatic N) is 4. The minimum atomic E-state index is -1.26. The summed E-state index contributed by atoms with van der Waals surface area (Å²) < 4.78 is 0. The molecular weight excluding hydrogens is 536 g/mol. The predicted molar refractivity (Wildman–Crippen MR) is 168 cm³/mol. The Hall–Kier alpha value is -3.56. The number of aliphatic carboxylic acids is 2. The van der Waals surface area contributed by atoms with E-state index in [1.54, 1.807) is 11.3 Å². The zero-order valence-corrected chi connectivity index (χ0v) is 26.3. The molecule has 0 saturated heterocycles. The van der Waals surface area contributed by atoms with Crippen molar-refractivity contribution in [2.45, 2.75) is 65.8 Å². The van der Waals surface area contributed by atoms with E-state index in [9.17, 15) is 9.59 Å². The van der Waals surface area contributed by atoms with Crippen molar-refractivity contribution in [1.29, 1.82) is 0 Å². The average Bonchev–Trinajstić information content (AvgIpc) is 3.39. The predicted octanol–water partition coefficient (Wildman–Crippen LogP) is 6.86. The molecule has 0 aliphatic carbocycles. The molecule has 0 atom stereocenters. The SMILES string of the molecule is CC(C)c1cc(C(C)C)c(-c2csc(N(CCN(C)C)Cc3cccnc3)n2)c(C(C)C)c1.O=C(O)C=CC(=O)O. The highest BCUT2D eigenvalue weighted by molar-refractivity contribution is 7.14. The van der Waals surface area contributed by atoms with E-state index in [2.05, 4.69) is 94.0 Å². The number of rotatable bonds is 12. The number of carboxylic acid groups (broad SMARTS) is 2. The first kappa shape index (κ1) is 33.6. The Morgan fingerprint density at radius 3 is 1.95 bits per heavy atom. The summed E-state index contributed by atoms with van der Waals surface area (Å²) >= 11 is 1.75. The minimum absolute atomic E-state index is 0.446. The zero-order chi connectivity index (χ0) is 30.7. The summed E-state index contributed by atoms with van der Waals surface area (Å²) in [6, 6.07) is 8.97. The van der Waals surface area contributed by atoms with Gasteiger partial charge in [0.2, 0.25) is 0 Å². The molecule has 0 aliphatic heterocycles. The van der Waals surface area contributed by atoms with E-state index in [4.69, 9.17) is 15.2 Å². The quantitative estimate of drug-likeness (QED) is 0.224. The largest absolute Gasteiger partial charge is 0.478 e. The third kappa shape index (κ3) is 10.7. The molecule has 3 rings (SSSR count). The first-order chi connectivity index (χ1) is 19.3. The maximum absolute atomic E-state index is 9.55. The lowest BCUT2D eigenvalue weighted by atomic mass is 9.83. The highest BCUT2D eigenvalue weighted by Gasteiger charge is 2.22. The van der Waals surface area contributed by atoms with E-state index in [1.165, 1.54) is 27.8 Å². The summed E-state index contributed by atoms with van der Waals surface area (Å²) in [7, 11) is 4.24. The molecule has 9 heteroatoms. The fourth-order valence-electron chi connectivity index (χ4n) is 4.19. The Morgan fingerprint density at radius 2 is 1.51 bits per heavy atom. The molecule has 8 nitrogen and oxygen atoms in total. The molecule has 0 fully saturated rings. The topological polar surface area (TPSA) is 107 Å². The van der Waals surface area contributed by atoms with Crippen molar-refractivity contribution < 1.29 is 19.8 Å². The molecule has 2 heterocycles. The van der Waals surface area contributed by atoms with Crippen LogP contribution in [-0.4, -0.2) is 64.2 Å². The second kappa shape index (κ2) is 16.0. The monoisotopic (exact) mass is 580 g/mol. The number of aromatic nitrogens is 2. The van der Waals surface area contributed by atoms with Gasteiger partial charge in [0.15, 0.2) is 5.13 Å². The Bertz CT molecular complexity index is 1260. The Balaban J connectivity index is 0.000000642. The van der Waals surface area contributed by atoms with Gasteiger partial charge in [-0.2, -0.15) is 0 Å². The number of hydrogen-bond donors (Lipinski definition) is 2. The summed E-state index contributed by atoms with van der Waals surface area (Å²) in [4.78, 5) is 33.3. The summed E-state index contributed by atoms with van der Waals surface area (Å²) in [5, 5.41) is 19.0. The van der Waals surface area contributed by atoms with Crippen LogP contribution in [0.25, 0.3) is 11.3 Å². The molecule has 2 N–H and O–H groups in total. The van der Waals surface area contributed by atoms with Crippen molar-refractivity contribution in [3.63, 3.8) is 0 Å². The molecule has 0 unspecified atom stereocenters. The number of carboxylic acids is 2. The van der Waals surface area contributed by atoms with Crippen LogP contribution in [0.15, 0.2) is 54.2 Å². The van der Waals surface area contributed by atoms with Gasteiger partial charge in [0.05, 0.1) is 5.69 Å². The maximum Gasteiger partial charge on any atom is 0.328 e. The summed E-state index contributed by atoms with van der Waals surface area (Å²) in [6.07, 6.45) is 4.90. The molecule has 0 amide bonds. The van der Waals surface area contributed by atoms with Gasteiger partial charge in [-0.1, -0.05) is 59.7 Å². The molecule has 0 radical (unpaired) electrons. The van der Waals surface area contributed by atoms with E-state index < -0.39 is 11.9 Å². The highest BCUT2D eigenvalue weighted by atomic mass is 32.1. The van der Waals surface area contributed by atoms with Crippen LogP contribution >= 0.6 is 11.3 Å². The van der Waals surface area contributed by atoms with Crippen molar-refractivity contribution in [3.05, 3.63) is 76.4 Å². The third-order valence-electron chi connectivity index (χ3n) is 6.43.